The number of hydrogen-bond donors (Lipinski definition) is 0. The molecule has 0 aliphatic rings. The van der Waals surface area contributed by atoms with E-state index >= 15 is 0 Å². The van der Waals surface area contributed by atoms with E-state index in [-0.39, 0.29) is 6.00 Å². The molecule has 11 heavy (non-hydrogen) atoms. The molecule has 0 saturated heterocycles. The van der Waals surface area contributed by atoms with Crippen LogP contribution in [-0.2, 0) is 4.74 Å². The van der Waals surface area contributed by atoms with Crippen molar-refractivity contribution in [2.24, 2.45) is 0 Å². The zero-order valence-electron chi connectivity index (χ0n) is 7.97. The third-order valence-electron chi connectivity index (χ3n) is 1.84. The van der Waals surface area contributed by atoms with E-state index in [2.05, 4.69) is 13.8 Å². The van der Waals surface area contributed by atoms with E-state index in [1.54, 1.807) is 0 Å². The maximum Gasteiger partial charge on any atom is 0.108 e. The SMILES string of the molecule is [B]C(CC)OC(CC)CCC. The van der Waals surface area contributed by atoms with Gasteiger partial charge in [-0.1, -0.05) is 27.2 Å². The molecule has 2 heteroatoms. The van der Waals surface area contributed by atoms with Gasteiger partial charge in [0, 0.05) is 6.00 Å². The van der Waals surface area contributed by atoms with E-state index in [0.717, 1.165) is 19.3 Å². The monoisotopic (exact) mass is 154 g/mol. The maximum absolute atomic E-state index is 5.66. The van der Waals surface area contributed by atoms with Crippen LogP contribution in [0, 0.1) is 0 Å². The molecule has 2 unspecified atom stereocenters. The van der Waals surface area contributed by atoms with Crippen molar-refractivity contribution >= 4 is 7.85 Å². The van der Waals surface area contributed by atoms with Crippen LogP contribution in [0.4, 0.5) is 0 Å². The molecule has 0 aromatic rings. The summed E-state index contributed by atoms with van der Waals surface area (Å²) in [5.41, 5.74) is 0. The average Bonchev–Trinajstić information content (AvgIpc) is 2.03. The summed E-state index contributed by atoms with van der Waals surface area (Å²) in [7, 11) is 5.66. The molecular formula is C9H19BO. The highest BCUT2D eigenvalue weighted by atomic mass is 16.5. The predicted molar refractivity (Wildman–Crippen MR) is 49.9 cm³/mol. The Bertz CT molecular complexity index is 85.6. The molecule has 0 N–H and O–H groups in total. The van der Waals surface area contributed by atoms with E-state index in [0.29, 0.717) is 6.10 Å². The molecular weight excluding hydrogens is 135 g/mol. The standard InChI is InChI=1S/C9H19BO/c1-4-7-8(5-2)11-9(10)6-3/h8-9H,4-7H2,1-3H3. The second-order valence-corrected chi connectivity index (χ2v) is 2.90. The van der Waals surface area contributed by atoms with Gasteiger partial charge in [-0.3, -0.25) is 0 Å². The Kier molecular flexibility index (Phi) is 6.73. The van der Waals surface area contributed by atoms with Crippen molar-refractivity contribution in [1.29, 1.82) is 0 Å². The lowest BCUT2D eigenvalue weighted by Crippen LogP contribution is -2.21. The minimum absolute atomic E-state index is 0.0634. The van der Waals surface area contributed by atoms with Gasteiger partial charge in [-0.25, -0.2) is 0 Å². The summed E-state index contributed by atoms with van der Waals surface area (Å²) < 4.78 is 5.57. The summed E-state index contributed by atoms with van der Waals surface area (Å²) in [4.78, 5) is 0. The Balaban J connectivity index is 3.49. The summed E-state index contributed by atoms with van der Waals surface area (Å²) in [5, 5.41) is 0. The van der Waals surface area contributed by atoms with Crippen LogP contribution >= 0.6 is 0 Å². The van der Waals surface area contributed by atoms with Crippen molar-refractivity contribution in [3.63, 3.8) is 0 Å². The van der Waals surface area contributed by atoms with Crippen molar-refractivity contribution in [3.8, 4) is 0 Å². The van der Waals surface area contributed by atoms with Gasteiger partial charge < -0.3 is 4.74 Å². The van der Waals surface area contributed by atoms with E-state index in [1.807, 2.05) is 6.92 Å². The fourth-order valence-electron chi connectivity index (χ4n) is 1.03. The first-order chi connectivity index (χ1) is 5.24. The highest BCUT2D eigenvalue weighted by Gasteiger charge is 2.07. The van der Waals surface area contributed by atoms with Gasteiger partial charge in [0.1, 0.15) is 7.85 Å². The highest BCUT2D eigenvalue weighted by Crippen LogP contribution is 2.09. The van der Waals surface area contributed by atoms with Crippen LogP contribution in [0.5, 0.6) is 0 Å². The molecule has 0 aromatic carbocycles. The smallest absolute Gasteiger partial charge is 0.108 e. The summed E-state index contributed by atoms with van der Waals surface area (Å²) in [6.45, 7) is 6.36. The molecule has 0 aliphatic heterocycles. The lowest BCUT2D eigenvalue weighted by Gasteiger charge is -2.20. The second kappa shape index (κ2) is 6.72. The van der Waals surface area contributed by atoms with Crippen LogP contribution in [0.1, 0.15) is 46.5 Å². The first-order valence-electron chi connectivity index (χ1n) is 4.65. The first-order valence-corrected chi connectivity index (χ1v) is 4.65. The van der Waals surface area contributed by atoms with Crippen molar-refractivity contribution in [3.05, 3.63) is 0 Å². The minimum atomic E-state index is -0.0634. The molecule has 2 atom stereocenters. The number of rotatable bonds is 6. The zero-order chi connectivity index (χ0) is 8.69. The fourth-order valence-corrected chi connectivity index (χ4v) is 1.03. The molecule has 0 aromatic heterocycles. The Morgan fingerprint density at radius 2 is 1.82 bits per heavy atom. The Morgan fingerprint density at radius 1 is 1.18 bits per heavy atom. The van der Waals surface area contributed by atoms with E-state index in [4.69, 9.17) is 12.6 Å². The summed E-state index contributed by atoms with van der Waals surface area (Å²) >= 11 is 0. The molecule has 2 radical (unpaired) electrons. The topological polar surface area (TPSA) is 9.23 Å². The van der Waals surface area contributed by atoms with Crippen LogP contribution in [0.3, 0.4) is 0 Å². The molecule has 0 rings (SSSR count). The van der Waals surface area contributed by atoms with Crippen molar-refractivity contribution in [1.82, 2.24) is 0 Å². The molecule has 0 bridgehead atoms. The molecule has 0 spiro atoms. The minimum Gasteiger partial charge on any atom is -0.385 e. The largest absolute Gasteiger partial charge is 0.385 e. The molecule has 1 nitrogen and oxygen atoms in total. The van der Waals surface area contributed by atoms with Gasteiger partial charge in [0.25, 0.3) is 0 Å². The number of hydrogen-bond acceptors (Lipinski definition) is 1. The lowest BCUT2D eigenvalue weighted by atomic mass is 9.97. The molecule has 0 saturated carbocycles. The Hall–Kier alpha value is 0.0249. The normalized spacial score (nSPS) is 16.3. The van der Waals surface area contributed by atoms with Crippen LogP contribution < -0.4 is 0 Å². The first kappa shape index (κ1) is 11.0. The lowest BCUT2D eigenvalue weighted by molar-refractivity contribution is 0.0214. The van der Waals surface area contributed by atoms with E-state index in [1.165, 1.54) is 6.42 Å². The molecule has 0 heterocycles. The van der Waals surface area contributed by atoms with Crippen molar-refractivity contribution in [2.45, 2.75) is 58.6 Å². The third kappa shape index (κ3) is 5.31. The van der Waals surface area contributed by atoms with Gasteiger partial charge in [-0.2, -0.15) is 0 Å². The number of ether oxygens (including phenoxy) is 1. The summed E-state index contributed by atoms with van der Waals surface area (Å²) in [6.07, 6.45) is 4.65. The van der Waals surface area contributed by atoms with Gasteiger partial charge >= 0.3 is 0 Å². The molecule has 0 aliphatic carbocycles. The van der Waals surface area contributed by atoms with Gasteiger partial charge in [0.05, 0.1) is 6.10 Å². The van der Waals surface area contributed by atoms with Gasteiger partial charge in [-0.05, 0) is 19.3 Å². The average molecular weight is 154 g/mol. The van der Waals surface area contributed by atoms with Crippen molar-refractivity contribution < 1.29 is 4.74 Å². The Morgan fingerprint density at radius 3 is 2.18 bits per heavy atom. The van der Waals surface area contributed by atoms with Crippen LogP contribution in [-0.4, -0.2) is 20.0 Å². The van der Waals surface area contributed by atoms with Gasteiger partial charge in [0.15, 0.2) is 0 Å². The van der Waals surface area contributed by atoms with Gasteiger partial charge in [-0.15, -0.1) is 0 Å². The predicted octanol–water partition coefficient (Wildman–Crippen LogP) is 2.49. The second-order valence-electron chi connectivity index (χ2n) is 2.90. The van der Waals surface area contributed by atoms with Crippen LogP contribution in [0.2, 0.25) is 0 Å². The van der Waals surface area contributed by atoms with Gasteiger partial charge in [0.2, 0.25) is 0 Å². The molecule has 0 amide bonds. The summed E-state index contributed by atoms with van der Waals surface area (Å²) in [6, 6.07) is -0.0634. The van der Waals surface area contributed by atoms with Crippen molar-refractivity contribution in [2.75, 3.05) is 0 Å². The van der Waals surface area contributed by atoms with E-state index in [9.17, 15) is 0 Å². The molecule has 64 valence electrons. The van der Waals surface area contributed by atoms with Crippen LogP contribution in [0.25, 0.3) is 0 Å². The maximum atomic E-state index is 5.66. The highest BCUT2D eigenvalue weighted by molar-refractivity contribution is 6.10. The third-order valence-corrected chi connectivity index (χ3v) is 1.84. The fraction of sp³-hybridized carbons (Fsp3) is 1.00. The summed E-state index contributed by atoms with van der Waals surface area (Å²) in [5.74, 6) is 0. The zero-order valence-corrected chi connectivity index (χ0v) is 7.97. The van der Waals surface area contributed by atoms with E-state index < -0.39 is 0 Å². The molecule has 0 fully saturated rings. The Labute approximate surface area is 71.9 Å². The quantitative estimate of drug-likeness (QED) is 0.534. The van der Waals surface area contributed by atoms with Crippen LogP contribution in [0.15, 0.2) is 0 Å².